The summed E-state index contributed by atoms with van der Waals surface area (Å²) in [5.74, 6) is -3.39. The minimum atomic E-state index is -4.86. The van der Waals surface area contributed by atoms with Gasteiger partial charge in [0.1, 0.15) is 11.6 Å². The second kappa shape index (κ2) is 9.23. The van der Waals surface area contributed by atoms with Crippen LogP contribution in [-0.2, 0) is 6.18 Å². The van der Waals surface area contributed by atoms with E-state index in [0.29, 0.717) is 17.8 Å². The quantitative estimate of drug-likeness (QED) is 0.462. The summed E-state index contributed by atoms with van der Waals surface area (Å²) < 4.78 is 66.6. The van der Waals surface area contributed by atoms with E-state index in [0.717, 1.165) is 0 Å². The number of anilines is 3. The summed E-state index contributed by atoms with van der Waals surface area (Å²) in [4.78, 5) is 28.7. The third-order valence-corrected chi connectivity index (χ3v) is 4.63. The van der Waals surface area contributed by atoms with Gasteiger partial charge in [0.05, 0.1) is 16.8 Å². The third-order valence-electron chi connectivity index (χ3n) is 4.63. The second-order valence-corrected chi connectivity index (χ2v) is 6.92. The van der Waals surface area contributed by atoms with Crippen LogP contribution in [0.15, 0.2) is 48.7 Å². The standard InChI is InChI=1S/C22H17F5N4O2/c1-11-16(24)4-3-5-17(11)30-19-18(8-13(10-29-19)20(32)28-2)31-21(33)12-6-14(22(25,26)27)9-15(23)7-12/h3-10H,1-2H3,(H,28,32)(H,29,30)(H,31,33). The molecule has 2 aromatic carbocycles. The molecule has 0 bridgehead atoms. The number of carbonyl (C=O) groups is 2. The van der Waals surface area contributed by atoms with Gasteiger partial charge in [0.15, 0.2) is 5.82 Å². The van der Waals surface area contributed by atoms with Crippen LogP contribution in [0.2, 0.25) is 0 Å². The fourth-order valence-corrected chi connectivity index (χ4v) is 2.88. The fraction of sp³-hybridized carbons (Fsp3) is 0.136. The van der Waals surface area contributed by atoms with Crippen molar-refractivity contribution >= 4 is 29.0 Å². The number of rotatable bonds is 5. The summed E-state index contributed by atoms with van der Waals surface area (Å²) in [6, 6.07) is 6.86. The largest absolute Gasteiger partial charge is 0.416 e. The van der Waals surface area contributed by atoms with Crippen molar-refractivity contribution in [2.75, 3.05) is 17.7 Å². The molecule has 0 saturated heterocycles. The molecule has 1 heterocycles. The van der Waals surface area contributed by atoms with Gasteiger partial charge in [0.25, 0.3) is 11.8 Å². The Morgan fingerprint density at radius 3 is 2.33 bits per heavy atom. The predicted molar refractivity (Wildman–Crippen MR) is 111 cm³/mol. The first kappa shape index (κ1) is 23.6. The summed E-state index contributed by atoms with van der Waals surface area (Å²) >= 11 is 0. The second-order valence-electron chi connectivity index (χ2n) is 6.92. The maximum absolute atomic E-state index is 13.9. The number of amides is 2. The highest BCUT2D eigenvalue weighted by Crippen LogP contribution is 2.31. The van der Waals surface area contributed by atoms with E-state index in [-0.39, 0.29) is 28.7 Å². The maximum atomic E-state index is 13.9. The molecule has 3 aromatic rings. The lowest BCUT2D eigenvalue weighted by Crippen LogP contribution is -2.20. The van der Waals surface area contributed by atoms with E-state index in [1.807, 2.05) is 0 Å². The average molecular weight is 464 g/mol. The van der Waals surface area contributed by atoms with Gasteiger partial charge in [-0.15, -0.1) is 0 Å². The molecule has 0 aliphatic carbocycles. The number of hydrogen-bond donors (Lipinski definition) is 3. The van der Waals surface area contributed by atoms with Gasteiger partial charge in [-0.3, -0.25) is 9.59 Å². The van der Waals surface area contributed by atoms with Crippen LogP contribution in [0.5, 0.6) is 0 Å². The zero-order valence-corrected chi connectivity index (χ0v) is 17.3. The molecule has 172 valence electrons. The van der Waals surface area contributed by atoms with Gasteiger partial charge in [0.2, 0.25) is 0 Å². The fourth-order valence-electron chi connectivity index (χ4n) is 2.88. The Kier molecular flexibility index (Phi) is 6.61. The van der Waals surface area contributed by atoms with Gasteiger partial charge >= 0.3 is 6.18 Å². The summed E-state index contributed by atoms with van der Waals surface area (Å²) in [5, 5.41) is 7.53. The highest BCUT2D eigenvalue weighted by Gasteiger charge is 2.32. The molecule has 6 nitrogen and oxygen atoms in total. The van der Waals surface area contributed by atoms with Crippen LogP contribution in [0, 0.1) is 18.6 Å². The number of nitrogens with one attached hydrogen (secondary N) is 3. The van der Waals surface area contributed by atoms with Crippen molar-refractivity contribution in [3.05, 3.63) is 82.5 Å². The Hall–Kier alpha value is -4.02. The van der Waals surface area contributed by atoms with Crippen molar-refractivity contribution in [1.29, 1.82) is 0 Å². The van der Waals surface area contributed by atoms with E-state index in [1.54, 1.807) is 6.07 Å². The van der Waals surface area contributed by atoms with E-state index in [2.05, 4.69) is 20.9 Å². The predicted octanol–water partition coefficient (Wildman–Crippen LogP) is 5.04. The summed E-state index contributed by atoms with van der Waals surface area (Å²) in [7, 11) is 1.37. The number of hydrogen-bond acceptors (Lipinski definition) is 4. The molecule has 0 spiro atoms. The van der Waals surface area contributed by atoms with Gasteiger partial charge < -0.3 is 16.0 Å². The van der Waals surface area contributed by atoms with Crippen LogP contribution in [0.4, 0.5) is 39.1 Å². The summed E-state index contributed by atoms with van der Waals surface area (Å²) in [5.41, 5.74) is -1.45. The van der Waals surface area contributed by atoms with E-state index >= 15 is 0 Å². The smallest absolute Gasteiger partial charge is 0.355 e. The monoisotopic (exact) mass is 464 g/mol. The Balaban J connectivity index is 2.01. The lowest BCUT2D eigenvalue weighted by atomic mass is 10.1. The number of aromatic nitrogens is 1. The molecule has 2 amide bonds. The van der Waals surface area contributed by atoms with Crippen LogP contribution in [0.3, 0.4) is 0 Å². The molecule has 0 fully saturated rings. The highest BCUT2D eigenvalue weighted by molar-refractivity contribution is 6.07. The normalized spacial score (nSPS) is 11.1. The zero-order chi connectivity index (χ0) is 24.3. The Morgan fingerprint density at radius 1 is 0.939 bits per heavy atom. The van der Waals surface area contributed by atoms with E-state index in [4.69, 9.17) is 0 Å². The van der Waals surface area contributed by atoms with Gasteiger partial charge in [0, 0.05) is 30.1 Å². The van der Waals surface area contributed by atoms with Crippen molar-refractivity contribution in [2.24, 2.45) is 0 Å². The van der Waals surface area contributed by atoms with Gasteiger partial charge in [-0.05, 0) is 43.3 Å². The van der Waals surface area contributed by atoms with Gasteiger partial charge in [-0.2, -0.15) is 13.2 Å². The lowest BCUT2D eigenvalue weighted by Gasteiger charge is -2.15. The molecule has 0 unspecified atom stereocenters. The third kappa shape index (κ3) is 5.43. The molecule has 11 heteroatoms. The molecule has 0 aliphatic rings. The Morgan fingerprint density at radius 2 is 1.67 bits per heavy atom. The minimum absolute atomic E-state index is 0.0165. The van der Waals surface area contributed by atoms with Crippen LogP contribution < -0.4 is 16.0 Å². The minimum Gasteiger partial charge on any atom is -0.355 e. The topological polar surface area (TPSA) is 83.1 Å². The Labute approximate surface area is 184 Å². The van der Waals surface area contributed by atoms with Crippen LogP contribution in [0.25, 0.3) is 0 Å². The molecule has 3 rings (SSSR count). The number of pyridine rings is 1. The molecule has 33 heavy (non-hydrogen) atoms. The van der Waals surface area contributed by atoms with E-state index in [1.165, 1.54) is 38.4 Å². The average Bonchev–Trinajstić information content (AvgIpc) is 2.76. The SMILES string of the molecule is CNC(=O)c1cnc(Nc2cccc(F)c2C)c(NC(=O)c2cc(F)cc(C(F)(F)F)c2)c1. The zero-order valence-electron chi connectivity index (χ0n) is 17.3. The number of benzene rings is 2. The van der Waals surface area contributed by atoms with Gasteiger partial charge in [-0.1, -0.05) is 6.07 Å². The first-order valence-electron chi connectivity index (χ1n) is 9.43. The first-order chi connectivity index (χ1) is 15.5. The Bertz CT molecular complexity index is 1230. The van der Waals surface area contributed by atoms with Crippen LogP contribution in [0.1, 0.15) is 31.8 Å². The van der Waals surface area contributed by atoms with Crippen molar-refractivity contribution in [3.63, 3.8) is 0 Å². The number of halogens is 5. The summed E-state index contributed by atoms with van der Waals surface area (Å²) in [6.45, 7) is 1.50. The van der Waals surface area contributed by atoms with E-state index < -0.39 is 40.8 Å². The molecule has 0 atom stereocenters. The molecular formula is C22H17F5N4O2. The van der Waals surface area contributed by atoms with Crippen molar-refractivity contribution in [2.45, 2.75) is 13.1 Å². The molecule has 0 radical (unpaired) electrons. The maximum Gasteiger partial charge on any atom is 0.416 e. The van der Waals surface area contributed by atoms with Gasteiger partial charge in [-0.25, -0.2) is 13.8 Å². The number of nitrogens with zero attached hydrogens (tertiary/aromatic N) is 1. The van der Waals surface area contributed by atoms with Crippen LogP contribution >= 0.6 is 0 Å². The molecular weight excluding hydrogens is 447 g/mol. The molecule has 3 N–H and O–H groups in total. The lowest BCUT2D eigenvalue weighted by molar-refractivity contribution is -0.137. The molecule has 0 saturated carbocycles. The van der Waals surface area contributed by atoms with E-state index in [9.17, 15) is 31.5 Å². The summed E-state index contributed by atoms with van der Waals surface area (Å²) in [6.07, 6.45) is -3.67. The first-order valence-corrected chi connectivity index (χ1v) is 9.43. The number of alkyl halides is 3. The van der Waals surface area contributed by atoms with Crippen LogP contribution in [-0.4, -0.2) is 23.8 Å². The van der Waals surface area contributed by atoms with Crippen molar-refractivity contribution in [3.8, 4) is 0 Å². The molecule has 1 aromatic heterocycles. The molecule has 0 aliphatic heterocycles. The van der Waals surface area contributed by atoms with Crippen molar-refractivity contribution < 1.29 is 31.5 Å². The van der Waals surface area contributed by atoms with Crippen molar-refractivity contribution in [1.82, 2.24) is 10.3 Å². The highest BCUT2D eigenvalue weighted by atomic mass is 19.4. The number of carbonyl (C=O) groups excluding carboxylic acids is 2.